The van der Waals surface area contributed by atoms with Crippen LogP contribution in [0.25, 0.3) is 22.2 Å². The number of para-hydroxylation sites is 1. The van der Waals surface area contributed by atoms with Crippen LogP contribution in [-0.4, -0.2) is 61.5 Å². The van der Waals surface area contributed by atoms with Gasteiger partial charge in [0.25, 0.3) is 5.91 Å². The lowest BCUT2D eigenvalue weighted by Gasteiger charge is -2.22. The smallest absolute Gasteiger partial charge is 0.254 e. The van der Waals surface area contributed by atoms with Crippen LogP contribution in [0.3, 0.4) is 0 Å². The Balaban J connectivity index is 1.69. The van der Waals surface area contributed by atoms with Gasteiger partial charge in [0.1, 0.15) is 5.75 Å². The molecule has 0 radical (unpaired) electrons. The molecule has 2 aromatic carbocycles. The Hall–Kier alpha value is -2.92. The zero-order valence-electron chi connectivity index (χ0n) is 17.3. The number of fused-ring (bicyclic) bond motifs is 1. The summed E-state index contributed by atoms with van der Waals surface area (Å²) in [5, 5.41) is 0.894. The molecular weight excluding hydrogens is 362 g/mol. The van der Waals surface area contributed by atoms with Crippen molar-refractivity contribution in [2.24, 2.45) is 5.92 Å². The van der Waals surface area contributed by atoms with Gasteiger partial charge in [0.2, 0.25) is 0 Å². The van der Waals surface area contributed by atoms with Gasteiger partial charge >= 0.3 is 0 Å². The molecular formula is C24H27N3O2. The first-order chi connectivity index (χ1) is 14.0. The molecule has 2 heterocycles. The van der Waals surface area contributed by atoms with E-state index >= 15 is 0 Å². The number of likely N-dealkylation sites (tertiary alicyclic amines) is 1. The summed E-state index contributed by atoms with van der Waals surface area (Å²) in [5.41, 5.74) is 3.29. The molecule has 0 bridgehead atoms. The standard InChI is InChI=1S/C24H27N3O2/c1-26-13-12-17(15-26)16-27(2)24(28)21-14-23(18-8-10-19(29-3)11-9-18)25-22-7-5-4-6-20(21)22/h4-11,14,17H,12-13,15-16H2,1-3H3. The Kier molecular flexibility index (Phi) is 5.49. The third-order valence-corrected chi connectivity index (χ3v) is 5.70. The van der Waals surface area contributed by atoms with Crippen molar-refractivity contribution in [1.29, 1.82) is 0 Å². The van der Waals surface area contributed by atoms with Crippen LogP contribution in [0, 0.1) is 5.92 Å². The van der Waals surface area contributed by atoms with Crippen molar-refractivity contribution in [1.82, 2.24) is 14.8 Å². The molecule has 5 heteroatoms. The highest BCUT2D eigenvalue weighted by atomic mass is 16.5. The van der Waals surface area contributed by atoms with Crippen molar-refractivity contribution in [3.63, 3.8) is 0 Å². The summed E-state index contributed by atoms with van der Waals surface area (Å²) in [4.78, 5) is 22.4. The van der Waals surface area contributed by atoms with E-state index in [4.69, 9.17) is 9.72 Å². The number of pyridine rings is 1. The van der Waals surface area contributed by atoms with Crippen LogP contribution in [0.4, 0.5) is 0 Å². The van der Waals surface area contributed by atoms with Gasteiger partial charge in [-0.1, -0.05) is 18.2 Å². The van der Waals surface area contributed by atoms with Crippen LogP contribution in [0.5, 0.6) is 5.75 Å². The second kappa shape index (κ2) is 8.21. The molecule has 1 saturated heterocycles. The van der Waals surface area contributed by atoms with Crippen molar-refractivity contribution in [3.8, 4) is 17.0 Å². The number of nitrogens with zero attached hydrogens (tertiary/aromatic N) is 3. The monoisotopic (exact) mass is 389 g/mol. The van der Waals surface area contributed by atoms with Crippen LogP contribution in [0.1, 0.15) is 16.8 Å². The summed E-state index contributed by atoms with van der Waals surface area (Å²) >= 11 is 0. The third kappa shape index (κ3) is 4.10. The number of ether oxygens (including phenoxy) is 1. The summed E-state index contributed by atoms with van der Waals surface area (Å²) in [6.07, 6.45) is 1.14. The van der Waals surface area contributed by atoms with Gasteiger partial charge in [0.05, 0.1) is 23.9 Å². The summed E-state index contributed by atoms with van der Waals surface area (Å²) < 4.78 is 5.25. The van der Waals surface area contributed by atoms with Crippen LogP contribution >= 0.6 is 0 Å². The maximum absolute atomic E-state index is 13.4. The minimum atomic E-state index is 0.0490. The van der Waals surface area contributed by atoms with E-state index in [2.05, 4.69) is 11.9 Å². The van der Waals surface area contributed by atoms with Crippen LogP contribution in [0.15, 0.2) is 54.6 Å². The van der Waals surface area contributed by atoms with E-state index < -0.39 is 0 Å². The van der Waals surface area contributed by atoms with Crippen molar-refractivity contribution >= 4 is 16.8 Å². The highest BCUT2D eigenvalue weighted by molar-refractivity contribution is 6.07. The predicted molar refractivity (Wildman–Crippen MR) is 116 cm³/mol. The summed E-state index contributed by atoms with van der Waals surface area (Å²) in [5.74, 6) is 1.38. The predicted octanol–water partition coefficient (Wildman–Crippen LogP) is 3.93. The molecule has 1 atom stereocenters. The van der Waals surface area contributed by atoms with Crippen molar-refractivity contribution in [2.45, 2.75) is 6.42 Å². The highest BCUT2D eigenvalue weighted by Gasteiger charge is 2.24. The van der Waals surface area contributed by atoms with E-state index in [0.29, 0.717) is 11.5 Å². The Morgan fingerprint density at radius 2 is 1.97 bits per heavy atom. The summed E-state index contributed by atoms with van der Waals surface area (Å²) in [7, 11) is 5.69. The zero-order chi connectivity index (χ0) is 20.4. The van der Waals surface area contributed by atoms with Crippen molar-refractivity contribution in [3.05, 3.63) is 60.2 Å². The minimum Gasteiger partial charge on any atom is -0.497 e. The second-order valence-corrected chi connectivity index (χ2v) is 7.90. The first kappa shape index (κ1) is 19.4. The molecule has 1 unspecified atom stereocenters. The number of carbonyl (C=O) groups is 1. The molecule has 1 aromatic heterocycles. The molecule has 150 valence electrons. The average Bonchev–Trinajstić information content (AvgIpc) is 3.16. The van der Waals surface area contributed by atoms with E-state index in [1.807, 2.05) is 66.5 Å². The first-order valence-electron chi connectivity index (χ1n) is 10.0. The number of hydrogen-bond donors (Lipinski definition) is 0. The molecule has 3 aromatic rings. The highest BCUT2D eigenvalue weighted by Crippen LogP contribution is 2.27. The van der Waals surface area contributed by atoms with Gasteiger partial charge in [-0.3, -0.25) is 4.79 Å². The maximum atomic E-state index is 13.4. The summed E-state index contributed by atoms with van der Waals surface area (Å²) in [6, 6.07) is 17.6. The SMILES string of the molecule is COc1ccc(-c2cc(C(=O)N(C)CC3CCN(C)C3)c3ccccc3n2)cc1. The number of hydrogen-bond acceptors (Lipinski definition) is 4. The number of methoxy groups -OCH3 is 1. The van der Waals surface area contributed by atoms with Crippen LogP contribution in [0.2, 0.25) is 0 Å². The number of rotatable bonds is 5. The van der Waals surface area contributed by atoms with Gasteiger partial charge in [-0.15, -0.1) is 0 Å². The van der Waals surface area contributed by atoms with Crippen molar-refractivity contribution < 1.29 is 9.53 Å². The van der Waals surface area contributed by atoms with E-state index in [9.17, 15) is 4.79 Å². The lowest BCUT2D eigenvalue weighted by molar-refractivity contribution is 0.0776. The Bertz CT molecular complexity index is 1020. The molecule has 0 spiro atoms. The quantitative estimate of drug-likeness (QED) is 0.663. The molecule has 4 rings (SSSR count). The van der Waals surface area contributed by atoms with Gasteiger partial charge in [-0.2, -0.15) is 0 Å². The number of amides is 1. The van der Waals surface area contributed by atoms with Crippen molar-refractivity contribution in [2.75, 3.05) is 40.8 Å². The largest absolute Gasteiger partial charge is 0.497 e. The van der Waals surface area contributed by atoms with Gasteiger partial charge in [0, 0.05) is 31.1 Å². The molecule has 5 nitrogen and oxygen atoms in total. The molecule has 0 aliphatic carbocycles. The zero-order valence-corrected chi connectivity index (χ0v) is 17.3. The van der Waals surface area contributed by atoms with Gasteiger partial charge < -0.3 is 14.5 Å². The van der Waals surface area contributed by atoms with E-state index in [1.165, 1.54) is 0 Å². The van der Waals surface area contributed by atoms with E-state index in [1.54, 1.807) is 7.11 Å². The van der Waals surface area contributed by atoms with Gasteiger partial charge in [0.15, 0.2) is 0 Å². The Morgan fingerprint density at radius 3 is 2.66 bits per heavy atom. The molecule has 1 aliphatic rings. The molecule has 0 saturated carbocycles. The molecule has 1 fully saturated rings. The number of aromatic nitrogens is 1. The second-order valence-electron chi connectivity index (χ2n) is 7.90. The fraction of sp³-hybridized carbons (Fsp3) is 0.333. The maximum Gasteiger partial charge on any atom is 0.254 e. The van der Waals surface area contributed by atoms with Crippen LogP contribution < -0.4 is 4.74 Å². The minimum absolute atomic E-state index is 0.0490. The molecule has 29 heavy (non-hydrogen) atoms. The normalized spacial score (nSPS) is 16.9. The van der Waals surface area contributed by atoms with Gasteiger partial charge in [-0.05, 0) is 62.3 Å². The fourth-order valence-corrected chi connectivity index (χ4v) is 4.11. The lowest BCUT2D eigenvalue weighted by Crippen LogP contribution is -2.33. The van der Waals surface area contributed by atoms with Gasteiger partial charge in [-0.25, -0.2) is 4.98 Å². The lowest BCUT2D eigenvalue weighted by atomic mass is 10.0. The third-order valence-electron chi connectivity index (χ3n) is 5.70. The average molecular weight is 389 g/mol. The number of benzene rings is 2. The van der Waals surface area contributed by atoms with Crippen LogP contribution in [-0.2, 0) is 0 Å². The molecule has 1 amide bonds. The summed E-state index contributed by atoms with van der Waals surface area (Å²) in [6.45, 7) is 2.93. The first-order valence-corrected chi connectivity index (χ1v) is 10.0. The topological polar surface area (TPSA) is 45.7 Å². The Labute approximate surface area is 171 Å². The molecule has 1 aliphatic heterocycles. The Morgan fingerprint density at radius 1 is 1.21 bits per heavy atom. The van der Waals surface area contributed by atoms with E-state index in [0.717, 1.165) is 54.0 Å². The van der Waals surface area contributed by atoms with E-state index in [-0.39, 0.29) is 5.91 Å². The number of carbonyl (C=O) groups excluding carboxylic acids is 1. The fourth-order valence-electron chi connectivity index (χ4n) is 4.11. The molecule has 0 N–H and O–H groups in total.